The van der Waals surface area contributed by atoms with E-state index in [-0.39, 0.29) is 5.56 Å². The molecule has 2 fully saturated rings. The van der Waals surface area contributed by atoms with Crippen LogP contribution in [0.1, 0.15) is 38.3 Å². The molecule has 2 aromatic rings. The molecule has 2 saturated carbocycles. The van der Waals surface area contributed by atoms with Crippen LogP contribution in [0.5, 0.6) is 0 Å². The van der Waals surface area contributed by atoms with E-state index in [0.29, 0.717) is 22.8 Å². The summed E-state index contributed by atoms with van der Waals surface area (Å²) in [7, 11) is 0. The van der Waals surface area contributed by atoms with Gasteiger partial charge in [0.2, 0.25) is 0 Å². The Bertz CT molecular complexity index is 764. The van der Waals surface area contributed by atoms with Crippen molar-refractivity contribution in [1.29, 1.82) is 0 Å². The van der Waals surface area contributed by atoms with Gasteiger partial charge in [-0.25, -0.2) is 4.98 Å². The summed E-state index contributed by atoms with van der Waals surface area (Å²) < 4.78 is 1.51. The van der Waals surface area contributed by atoms with Crippen molar-refractivity contribution < 1.29 is 0 Å². The van der Waals surface area contributed by atoms with E-state index in [2.05, 4.69) is 16.8 Å². The van der Waals surface area contributed by atoms with Crippen LogP contribution in [0.3, 0.4) is 0 Å². The van der Waals surface area contributed by atoms with E-state index in [9.17, 15) is 4.79 Å². The smallest absolute Gasteiger partial charge is 0.258 e. The number of hydrogen-bond donors (Lipinski definition) is 0. The van der Waals surface area contributed by atoms with Crippen LogP contribution in [0.4, 0.5) is 0 Å². The number of hydrogen-bond acceptors (Lipinski definition) is 3. The lowest BCUT2D eigenvalue weighted by molar-refractivity contribution is 0.168. The van der Waals surface area contributed by atoms with Gasteiger partial charge in [-0.15, -0.1) is 0 Å². The second-order valence-corrected chi connectivity index (χ2v) is 7.08. The highest BCUT2D eigenvalue weighted by molar-refractivity contribution is 6.30. The first kappa shape index (κ1) is 14.2. The van der Waals surface area contributed by atoms with Gasteiger partial charge in [-0.05, 0) is 50.7 Å². The standard InChI is InChI=1S/C17H20ClN3O/c1-11(12-2-3-12)20(15-5-6-15)10-14-8-17(22)21-9-13(18)4-7-16(21)19-14/h4,7-9,11-12,15H,2-3,5-6,10H2,1H3/t11-/m1/s1. The molecule has 0 aliphatic heterocycles. The number of pyridine rings is 1. The number of nitrogens with zero attached hydrogens (tertiary/aromatic N) is 3. The Morgan fingerprint density at radius 3 is 2.82 bits per heavy atom. The molecule has 2 heterocycles. The normalized spacial score (nSPS) is 19.8. The van der Waals surface area contributed by atoms with E-state index in [4.69, 9.17) is 11.6 Å². The van der Waals surface area contributed by atoms with Crippen molar-refractivity contribution >= 4 is 17.2 Å². The molecule has 0 N–H and O–H groups in total. The molecule has 2 aliphatic rings. The topological polar surface area (TPSA) is 37.6 Å². The predicted octanol–water partition coefficient (Wildman–Crippen LogP) is 3.11. The van der Waals surface area contributed by atoms with Crippen molar-refractivity contribution in [1.82, 2.24) is 14.3 Å². The van der Waals surface area contributed by atoms with Crippen LogP contribution in [0.25, 0.3) is 5.65 Å². The monoisotopic (exact) mass is 317 g/mol. The van der Waals surface area contributed by atoms with Gasteiger partial charge in [-0.2, -0.15) is 0 Å². The molecule has 2 aromatic heterocycles. The second-order valence-electron chi connectivity index (χ2n) is 6.64. The lowest BCUT2D eigenvalue weighted by Gasteiger charge is -2.29. The van der Waals surface area contributed by atoms with Gasteiger partial charge in [-0.1, -0.05) is 11.6 Å². The highest BCUT2D eigenvalue weighted by Crippen LogP contribution is 2.40. The maximum absolute atomic E-state index is 12.3. The molecule has 1 atom stereocenters. The minimum absolute atomic E-state index is 0.0580. The minimum atomic E-state index is -0.0580. The van der Waals surface area contributed by atoms with Crippen LogP contribution in [0.15, 0.2) is 29.2 Å². The Morgan fingerprint density at radius 2 is 2.14 bits per heavy atom. The maximum atomic E-state index is 12.3. The third kappa shape index (κ3) is 2.77. The first-order chi connectivity index (χ1) is 10.6. The highest BCUT2D eigenvalue weighted by atomic mass is 35.5. The van der Waals surface area contributed by atoms with Crippen LogP contribution in [-0.2, 0) is 6.54 Å². The predicted molar refractivity (Wildman–Crippen MR) is 87.2 cm³/mol. The Morgan fingerprint density at radius 1 is 1.36 bits per heavy atom. The Kier molecular flexibility index (Phi) is 3.46. The molecule has 5 heteroatoms. The van der Waals surface area contributed by atoms with Gasteiger partial charge < -0.3 is 0 Å². The van der Waals surface area contributed by atoms with E-state index >= 15 is 0 Å². The molecule has 22 heavy (non-hydrogen) atoms. The molecule has 0 aromatic carbocycles. The summed E-state index contributed by atoms with van der Waals surface area (Å²) >= 11 is 5.95. The maximum Gasteiger partial charge on any atom is 0.258 e. The molecule has 2 aliphatic carbocycles. The second kappa shape index (κ2) is 5.36. The van der Waals surface area contributed by atoms with Crippen molar-refractivity contribution in [2.24, 2.45) is 5.92 Å². The van der Waals surface area contributed by atoms with Crippen LogP contribution < -0.4 is 5.56 Å². The average molecular weight is 318 g/mol. The highest BCUT2D eigenvalue weighted by Gasteiger charge is 2.39. The van der Waals surface area contributed by atoms with E-state index < -0.39 is 0 Å². The molecule has 116 valence electrons. The fraction of sp³-hybridized carbons (Fsp3) is 0.529. The summed E-state index contributed by atoms with van der Waals surface area (Å²) in [5.74, 6) is 0.834. The van der Waals surface area contributed by atoms with Crippen LogP contribution >= 0.6 is 11.6 Å². The first-order valence-electron chi connectivity index (χ1n) is 8.05. The van der Waals surface area contributed by atoms with Gasteiger partial charge >= 0.3 is 0 Å². The van der Waals surface area contributed by atoms with Gasteiger partial charge in [0.05, 0.1) is 10.7 Å². The fourth-order valence-electron chi connectivity index (χ4n) is 3.26. The molecular formula is C17H20ClN3O. The van der Waals surface area contributed by atoms with Crippen molar-refractivity contribution in [3.8, 4) is 0 Å². The molecule has 4 nitrogen and oxygen atoms in total. The molecule has 0 unspecified atom stereocenters. The van der Waals surface area contributed by atoms with Crippen molar-refractivity contribution in [2.75, 3.05) is 0 Å². The molecular weight excluding hydrogens is 298 g/mol. The molecule has 4 rings (SSSR count). The zero-order valence-electron chi connectivity index (χ0n) is 12.7. The zero-order valence-corrected chi connectivity index (χ0v) is 13.5. The fourth-order valence-corrected chi connectivity index (χ4v) is 3.42. The Labute approximate surface area is 134 Å². The molecule has 0 spiro atoms. The quantitative estimate of drug-likeness (QED) is 0.850. The summed E-state index contributed by atoms with van der Waals surface area (Å²) in [6.45, 7) is 3.10. The lowest BCUT2D eigenvalue weighted by Crippen LogP contribution is -2.36. The number of fused-ring (bicyclic) bond motifs is 1. The van der Waals surface area contributed by atoms with Gasteiger partial charge in [0.15, 0.2) is 0 Å². The number of aromatic nitrogens is 2. The molecule has 0 radical (unpaired) electrons. The van der Waals surface area contributed by atoms with Crippen LogP contribution in [-0.4, -0.2) is 26.4 Å². The van der Waals surface area contributed by atoms with E-state index in [1.54, 1.807) is 24.4 Å². The van der Waals surface area contributed by atoms with E-state index in [1.807, 2.05) is 0 Å². The summed E-state index contributed by atoms with van der Waals surface area (Å²) in [6, 6.07) is 6.51. The Hall–Kier alpha value is -1.39. The summed E-state index contributed by atoms with van der Waals surface area (Å²) in [5.41, 5.74) is 1.48. The third-order valence-corrected chi connectivity index (χ3v) is 5.09. The number of rotatable bonds is 5. The average Bonchev–Trinajstić information content (AvgIpc) is 3.38. The minimum Gasteiger partial charge on any atom is -0.292 e. The summed E-state index contributed by atoms with van der Waals surface area (Å²) in [6.07, 6.45) is 6.87. The third-order valence-electron chi connectivity index (χ3n) is 4.86. The van der Waals surface area contributed by atoms with E-state index in [0.717, 1.165) is 18.2 Å². The Balaban J connectivity index is 1.65. The molecule has 0 amide bonds. The lowest BCUT2D eigenvalue weighted by atomic mass is 10.1. The van der Waals surface area contributed by atoms with Gasteiger partial charge in [-0.3, -0.25) is 14.1 Å². The van der Waals surface area contributed by atoms with Gasteiger partial charge in [0, 0.05) is 30.9 Å². The van der Waals surface area contributed by atoms with E-state index in [1.165, 1.54) is 30.1 Å². The van der Waals surface area contributed by atoms with Crippen molar-refractivity contribution in [3.63, 3.8) is 0 Å². The van der Waals surface area contributed by atoms with Gasteiger partial charge in [0.1, 0.15) is 5.65 Å². The SMILES string of the molecule is C[C@H](C1CC1)N(Cc1cc(=O)n2cc(Cl)ccc2n1)C1CC1. The van der Waals surface area contributed by atoms with Crippen molar-refractivity contribution in [3.05, 3.63) is 45.5 Å². The summed E-state index contributed by atoms with van der Waals surface area (Å²) in [4.78, 5) is 19.5. The zero-order chi connectivity index (χ0) is 15.3. The largest absolute Gasteiger partial charge is 0.292 e. The van der Waals surface area contributed by atoms with Crippen molar-refractivity contribution in [2.45, 2.75) is 51.2 Å². The first-order valence-corrected chi connectivity index (χ1v) is 8.43. The molecule has 0 bridgehead atoms. The number of halogens is 1. The molecule has 0 saturated heterocycles. The van der Waals surface area contributed by atoms with Gasteiger partial charge in [0.25, 0.3) is 5.56 Å². The summed E-state index contributed by atoms with van der Waals surface area (Å²) in [5, 5.41) is 0.547. The van der Waals surface area contributed by atoms with Crippen LogP contribution in [0.2, 0.25) is 5.02 Å². The van der Waals surface area contributed by atoms with Crippen LogP contribution in [0, 0.1) is 5.92 Å².